The zero-order valence-corrected chi connectivity index (χ0v) is 34.6. The fraction of sp³-hybridized carbons (Fsp3) is 0.477. The average molecular weight is 801 g/mol. The topological polar surface area (TPSA) is 18.5 Å². The summed E-state index contributed by atoms with van der Waals surface area (Å²) in [6, 6.07) is 3.46. The third kappa shape index (κ3) is 9.23. The first-order valence-electron chi connectivity index (χ1n) is 17.1. The number of aryl methyl sites for hydroxylation is 2. The summed E-state index contributed by atoms with van der Waals surface area (Å²) in [4.78, 5) is 0. The molecule has 0 saturated heterocycles. The molecule has 0 amide bonds. The zero-order valence-electron chi connectivity index (χ0n) is 31.6. The van der Waals surface area contributed by atoms with Crippen LogP contribution in [-0.2, 0) is 25.8 Å². The Bertz CT molecular complexity index is 1630. The van der Waals surface area contributed by atoms with Gasteiger partial charge in [0.05, 0.1) is 12.7 Å². The predicted octanol–water partition coefficient (Wildman–Crippen LogP) is 10.6. The normalized spacial score (nSPS) is 12.6. The Labute approximate surface area is 302 Å². The maximum atomic E-state index is 5.95. The van der Waals surface area contributed by atoms with Crippen LogP contribution in [0.25, 0.3) is 0 Å². The quantitative estimate of drug-likeness (QED) is 0.193. The summed E-state index contributed by atoms with van der Waals surface area (Å²) in [5.41, 5.74) is 18.8. The van der Waals surface area contributed by atoms with E-state index in [1.807, 2.05) is 6.92 Å². The molecule has 0 atom stereocenters. The Hall–Kier alpha value is -2.77. The second kappa shape index (κ2) is 18.1. The molecule has 47 heavy (non-hydrogen) atoms. The molecule has 0 aliphatic heterocycles. The first-order chi connectivity index (χ1) is 21.8. The average Bonchev–Trinajstić information content (AvgIpc) is 3.04. The van der Waals surface area contributed by atoms with E-state index in [1.165, 1.54) is 92.4 Å². The van der Waals surface area contributed by atoms with E-state index in [1.54, 1.807) is 0 Å². The van der Waals surface area contributed by atoms with Gasteiger partial charge < -0.3 is 15.9 Å². The van der Waals surface area contributed by atoms with Crippen molar-refractivity contribution in [3.63, 3.8) is 0 Å². The van der Waals surface area contributed by atoms with Crippen LogP contribution < -0.4 is 4.74 Å². The Balaban J connectivity index is 0.000000662. The van der Waals surface area contributed by atoms with Gasteiger partial charge in [0.2, 0.25) is 0 Å². The molecule has 0 radical (unpaired) electrons. The Morgan fingerprint density at radius 1 is 0.532 bits per heavy atom. The number of hydrogen-bond acceptors (Lipinski definition) is 2. The fourth-order valence-corrected chi connectivity index (χ4v) is 6.37. The third-order valence-corrected chi connectivity index (χ3v) is 10.1. The largest absolute Gasteiger partial charge is 2.00 e. The molecule has 0 unspecified atom stereocenters. The minimum atomic E-state index is 0. The molecule has 1 aliphatic rings. The number of benzene rings is 3. The Kier molecular flexibility index (Phi) is 15.6. The van der Waals surface area contributed by atoms with E-state index >= 15 is 0 Å². The van der Waals surface area contributed by atoms with Crippen LogP contribution in [0.3, 0.4) is 0 Å². The second-order valence-electron chi connectivity index (χ2n) is 12.9. The Morgan fingerprint density at radius 2 is 0.872 bits per heavy atom. The molecule has 4 rings (SSSR count). The van der Waals surface area contributed by atoms with Gasteiger partial charge in [-0.25, -0.2) is 0 Å². The summed E-state index contributed by atoms with van der Waals surface area (Å²) < 4.78 is 11.4. The van der Waals surface area contributed by atoms with Crippen molar-refractivity contribution in [1.82, 2.24) is 0 Å². The summed E-state index contributed by atoms with van der Waals surface area (Å²) in [7, 11) is 0. The summed E-state index contributed by atoms with van der Waals surface area (Å²) in [5, 5.41) is 0. The summed E-state index contributed by atoms with van der Waals surface area (Å²) >= 11 is 0. The van der Waals surface area contributed by atoms with E-state index < -0.39 is 0 Å². The van der Waals surface area contributed by atoms with E-state index in [0.717, 1.165) is 34.6 Å². The predicted molar refractivity (Wildman–Crippen MR) is 196 cm³/mol. The first kappa shape index (κ1) is 40.4. The molecule has 0 bridgehead atoms. The van der Waals surface area contributed by atoms with Crippen molar-refractivity contribution in [2.24, 2.45) is 0 Å². The van der Waals surface area contributed by atoms with Crippen LogP contribution in [0.5, 0.6) is 5.75 Å². The molecule has 0 aromatic heterocycles. The van der Waals surface area contributed by atoms with Crippen molar-refractivity contribution >= 4 is 0 Å². The van der Waals surface area contributed by atoms with Crippen LogP contribution in [-0.4, -0.2) is 19.3 Å². The van der Waals surface area contributed by atoms with Crippen molar-refractivity contribution in [2.45, 2.75) is 129 Å². The van der Waals surface area contributed by atoms with E-state index in [-0.39, 0.29) is 21.1 Å². The molecule has 1 fully saturated rings. The van der Waals surface area contributed by atoms with Gasteiger partial charge in [-0.1, -0.05) is 69.8 Å². The summed E-state index contributed by atoms with van der Waals surface area (Å²) in [5.74, 6) is 15.2. The van der Waals surface area contributed by atoms with Crippen LogP contribution >= 0.6 is 0 Å². The summed E-state index contributed by atoms with van der Waals surface area (Å²) in [6.45, 7) is 31.4. The fourth-order valence-electron chi connectivity index (χ4n) is 6.37. The van der Waals surface area contributed by atoms with Gasteiger partial charge in [0.25, 0.3) is 0 Å². The van der Waals surface area contributed by atoms with Gasteiger partial charge in [0, 0.05) is 23.3 Å². The maximum Gasteiger partial charge on any atom is 2.00 e. The zero-order chi connectivity index (χ0) is 34.3. The van der Waals surface area contributed by atoms with Gasteiger partial charge in [-0.05, 0) is 114 Å². The van der Waals surface area contributed by atoms with Crippen LogP contribution in [0.15, 0.2) is 0 Å². The van der Waals surface area contributed by atoms with Gasteiger partial charge >= 0.3 is 21.1 Å². The molecule has 0 spiro atoms. The molecule has 3 heteroatoms. The van der Waals surface area contributed by atoms with Crippen LogP contribution in [0, 0.1) is 119 Å². The molecule has 1 aliphatic carbocycles. The first-order valence-corrected chi connectivity index (χ1v) is 17.1. The van der Waals surface area contributed by atoms with Crippen LogP contribution in [0.1, 0.15) is 129 Å². The van der Waals surface area contributed by atoms with Gasteiger partial charge in [0.15, 0.2) is 0 Å². The molecule has 3 aromatic rings. The second-order valence-corrected chi connectivity index (χ2v) is 12.9. The maximum absolute atomic E-state index is 5.95. The molecule has 3 aromatic carbocycles. The van der Waals surface area contributed by atoms with Crippen molar-refractivity contribution in [2.75, 3.05) is 13.2 Å². The minimum Gasteiger partial charge on any atom is -0.493 e. The molecular weight excluding hydrogens is 744 g/mol. The van der Waals surface area contributed by atoms with Crippen LogP contribution in [0.2, 0.25) is 0 Å². The number of rotatable bonds is 4. The van der Waals surface area contributed by atoms with E-state index in [9.17, 15) is 0 Å². The number of hydrogen-bond donors (Lipinski definition) is 0. The van der Waals surface area contributed by atoms with Crippen molar-refractivity contribution < 1.29 is 30.5 Å². The molecule has 0 heterocycles. The third-order valence-electron chi connectivity index (χ3n) is 10.1. The monoisotopic (exact) mass is 800 g/mol. The molecule has 0 N–H and O–H groups in total. The van der Waals surface area contributed by atoms with Gasteiger partial charge in [-0.3, -0.25) is 0 Å². The minimum absolute atomic E-state index is 0. The molecular formula is C44H56O2W. The standard InChI is InChI=1S/C36H41O.C8H15O.W/c1-14-37-36-30(12)28(10)35(29(11)31(36)13)18-17-34-26(8)24(6)33(25(7)27(34)9)16-15-32-22(4)20(2)19-21(3)23(32)5;1-2-9-8-6-4-3-5-7-8;/h14H2,1-13H3;3,8H,2,4-7H2,1H3;/q2*-1;+2. The van der Waals surface area contributed by atoms with E-state index in [2.05, 4.69) is 126 Å². The smallest absolute Gasteiger partial charge is 0.493 e. The summed E-state index contributed by atoms with van der Waals surface area (Å²) in [6.07, 6.45) is 7.92. The van der Waals surface area contributed by atoms with Crippen LogP contribution in [0.4, 0.5) is 0 Å². The molecule has 1 saturated carbocycles. The molecule has 2 nitrogen and oxygen atoms in total. The van der Waals surface area contributed by atoms with Crippen molar-refractivity contribution in [3.05, 3.63) is 102 Å². The SMILES string of the molecule is CCOC1CC[CH-]CC1.CCOc1c(C)c(C)c(C#Cc2c(C)c(C)c(C#Cc3c(C)c(C)[c-]c(C)c3C)c(C)c2C)c(C)c1C.[W+2]. The van der Waals surface area contributed by atoms with Gasteiger partial charge in [-0.15, -0.1) is 11.1 Å². The van der Waals surface area contributed by atoms with Gasteiger partial charge in [-0.2, -0.15) is 30.0 Å². The van der Waals surface area contributed by atoms with E-state index in [0.29, 0.717) is 12.7 Å². The number of ether oxygens (including phenoxy) is 2. The van der Waals surface area contributed by atoms with Gasteiger partial charge in [0.1, 0.15) is 5.75 Å². The van der Waals surface area contributed by atoms with Crippen molar-refractivity contribution in [1.29, 1.82) is 0 Å². The van der Waals surface area contributed by atoms with Crippen molar-refractivity contribution in [3.8, 4) is 29.4 Å². The Morgan fingerprint density at radius 3 is 1.21 bits per heavy atom. The van der Waals surface area contributed by atoms with E-state index in [4.69, 9.17) is 9.47 Å². The molecule has 250 valence electrons.